The molecule has 0 unspecified atom stereocenters. The van der Waals surface area contributed by atoms with Crippen molar-refractivity contribution in [2.75, 3.05) is 6.26 Å². The highest BCUT2D eigenvalue weighted by atomic mass is 32.2. The summed E-state index contributed by atoms with van der Waals surface area (Å²) in [5.41, 5.74) is 2.36. The maximum atomic E-state index is 5.85. The number of benzene rings is 3. The summed E-state index contributed by atoms with van der Waals surface area (Å²) in [5.74, 6) is 0. The molecule has 0 radical (unpaired) electrons. The summed E-state index contributed by atoms with van der Waals surface area (Å²) in [6.07, 6.45) is 1.98. The molecule has 0 amide bonds. The van der Waals surface area contributed by atoms with Gasteiger partial charge in [0.05, 0.1) is 11.9 Å². The molecule has 0 aliphatic rings. The molecule has 0 bridgehead atoms. The largest absolute Gasteiger partial charge is 0.454 e. The summed E-state index contributed by atoms with van der Waals surface area (Å²) in [6, 6.07) is 25.7. The standard InChI is InChI=1S/C20H20N2OS/c1-24-22-20(23-15-16-7-3-2-4-8-16)21-14-17-11-12-18-9-5-6-10-19(18)13-17/h2-13H,14-15H2,1H3,(H,21,22)/p+1. The van der Waals surface area contributed by atoms with Gasteiger partial charge in [-0.1, -0.05) is 66.7 Å². The Morgan fingerprint density at radius 2 is 1.67 bits per heavy atom. The fourth-order valence-corrected chi connectivity index (χ4v) is 2.79. The van der Waals surface area contributed by atoms with Crippen LogP contribution < -0.4 is 9.71 Å². The van der Waals surface area contributed by atoms with Crippen LogP contribution in [-0.2, 0) is 17.9 Å². The number of ether oxygens (including phenoxy) is 1. The van der Waals surface area contributed by atoms with Crippen LogP contribution in [0.1, 0.15) is 11.1 Å². The van der Waals surface area contributed by atoms with E-state index in [0.29, 0.717) is 19.2 Å². The van der Waals surface area contributed by atoms with Crippen LogP contribution in [0.5, 0.6) is 0 Å². The first-order chi connectivity index (χ1) is 11.8. The molecule has 0 aliphatic carbocycles. The van der Waals surface area contributed by atoms with Crippen molar-refractivity contribution in [1.29, 1.82) is 0 Å². The van der Waals surface area contributed by atoms with Crippen molar-refractivity contribution in [3.63, 3.8) is 0 Å². The first kappa shape index (κ1) is 16.4. The van der Waals surface area contributed by atoms with E-state index >= 15 is 0 Å². The third kappa shape index (κ3) is 4.52. The van der Waals surface area contributed by atoms with Gasteiger partial charge in [0.2, 0.25) is 0 Å². The Balaban J connectivity index is 1.67. The van der Waals surface area contributed by atoms with Crippen LogP contribution in [0, 0.1) is 0 Å². The molecule has 0 fully saturated rings. The van der Waals surface area contributed by atoms with Crippen molar-refractivity contribution in [2.45, 2.75) is 13.2 Å². The Morgan fingerprint density at radius 1 is 0.917 bits per heavy atom. The molecule has 0 atom stereocenters. The van der Waals surface area contributed by atoms with Crippen molar-refractivity contribution < 1.29 is 9.73 Å². The van der Waals surface area contributed by atoms with Gasteiger partial charge in [-0.15, -0.1) is 0 Å². The third-order valence-electron chi connectivity index (χ3n) is 3.69. The molecule has 0 aliphatic heterocycles. The Bertz CT molecular complexity index is 818. The predicted octanol–water partition coefficient (Wildman–Crippen LogP) is 2.86. The van der Waals surface area contributed by atoms with Crippen molar-refractivity contribution in [3.8, 4) is 0 Å². The minimum Gasteiger partial charge on any atom is -0.426 e. The molecular formula is C20H21N2OS+. The summed E-state index contributed by atoms with van der Waals surface area (Å²) in [6.45, 7) is 1.25. The number of fused-ring (bicyclic) bond motifs is 1. The van der Waals surface area contributed by atoms with E-state index in [1.54, 1.807) is 0 Å². The number of amidine groups is 1. The lowest BCUT2D eigenvalue weighted by atomic mass is 10.1. The van der Waals surface area contributed by atoms with Crippen LogP contribution >= 0.6 is 11.9 Å². The lowest BCUT2D eigenvalue weighted by Gasteiger charge is -2.05. The van der Waals surface area contributed by atoms with Crippen molar-refractivity contribution in [3.05, 3.63) is 83.9 Å². The van der Waals surface area contributed by atoms with Gasteiger partial charge in [0.1, 0.15) is 13.2 Å². The molecule has 0 aromatic heterocycles. The molecule has 122 valence electrons. The van der Waals surface area contributed by atoms with E-state index in [2.05, 4.69) is 64.3 Å². The number of hydrogen-bond acceptors (Lipinski definition) is 2. The maximum absolute atomic E-state index is 5.85. The zero-order valence-electron chi connectivity index (χ0n) is 13.7. The van der Waals surface area contributed by atoms with Crippen LogP contribution in [0.25, 0.3) is 10.8 Å². The average molecular weight is 337 g/mol. The lowest BCUT2D eigenvalue weighted by Crippen LogP contribution is -2.74. The Hall–Kier alpha value is -2.46. The van der Waals surface area contributed by atoms with Crippen LogP contribution in [0.4, 0.5) is 0 Å². The second-order valence-corrected chi connectivity index (χ2v) is 6.06. The summed E-state index contributed by atoms with van der Waals surface area (Å²) in [7, 11) is 0. The van der Waals surface area contributed by atoms with Crippen LogP contribution in [0.3, 0.4) is 0 Å². The monoisotopic (exact) mass is 337 g/mol. The van der Waals surface area contributed by atoms with E-state index < -0.39 is 0 Å². The van der Waals surface area contributed by atoms with Gasteiger partial charge in [-0.25, -0.2) is 4.99 Å². The SMILES string of the molecule is CSNC(=[NH+]Cc1ccc2ccccc2c1)OCc1ccccc1. The molecule has 0 heterocycles. The van der Waals surface area contributed by atoms with Gasteiger partial charge >= 0.3 is 6.02 Å². The second-order valence-electron chi connectivity index (χ2n) is 5.44. The molecular weight excluding hydrogens is 316 g/mol. The van der Waals surface area contributed by atoms with Crippen molar-refractivity contribution in [2.24, 2.45) is 0 Å². The third-order valence-corrected chi connectivity index (χ3v) is 4.08. The number of rotatable bonds is 5. The van der Waals surface area contributed by atoms with E-state index in [9.17, 15) is 0 Å². The Kier molecular flexibility index (Phi) is 5.75. The van der Waals surface area contributed by atoms with Gasteiger partial charge in [0, 0.05) is 6.26 Å². The zero-order valence-corrected chi connectivity index (χ0v) is 14.5. The van der Waals surface area contributed by atoms with Gasteiger partial charge in [0.25, 0.3) is 0 Å². The topological polar surface area (TPSA) is 35.2 Å². The molecule has 0 saturated heterocycles. The number of nitrogens with one attached hydrogen (secondary N) is 2. The highest BCUT2D eigenvalue weighted by Crippen LogP contribution is 2.14. The van der Waals surface area contributed by atoms with Crippen LogP contribution in [-0.4, -0.2) is 12.3 Å². The van der Waals surface area contributed by atoms with Crippen molar-refractivity contribution in [1.82, 2.24) is 4.72 Å². The molecule has 3 aromatic rings. The fourth-order valence-electron chi connectivity index (χ4n) is 2.47. The summed E-state index contributed by atoms with van der Waals surface area (Å²) in [5, 5.41) is 2.51. The lowest BCUT2D eigenvalue weighted by molar-refractivity contribution is -0.487. The summed E-state index contributed by atoms with van der Waals surface area (Å²) in [4.78, 5) is 3.33. The summed E-state index contributed by atoms with van der Waals surface area (Å²) < 4.78 is 9.01. The smallest absolute Gasteiger partial charge is 0.426 e. The fraction of sp³-hybridized carbons (Fsp3) is 0.150. The van der Waals surface area contributed by atoms with Crippen LogP contribution in [0.2, 0.25) is 0 Å². The normalized spacial score (nSPS) is 11.5. The number of hydrogen-bond donors (Lipinski definition) is 2. The van der Waals surface area contributed by atoms with E-state index in [1.807, 2.05) is 24.5 Å². The maximum Gasteiger partial charge on any atom is 0.454 e. The van der Waals surface area contributed by atoms with Gasteiger partial charge in [-0.3, -0.25) is 0 Å². The molecule has 3 aromatic carbocycles. The minimum atomic E-state index is 0.536. The molecule has 2 N–H and O–H groups in total. The van der Waals surface area contributed by atoms with Gasteiger partial charge in [0.15, 0.2) is 0 Å². The van der Waals surface area contributed by atoms with Gasteiger partial charge in [-0.05, 0) is 28.0 Å². The summed E-state index contributed by atoms with van der Waals surface area (Å²) >= 11 is 1.51. The predicted molar refractivity (Wildman–Crippen MR) is 102 cm³/mol. The zero-order chi connectivity index (χ0) is 16.6. The van der Waals surface area contributed by atoms with Crippen LogP contribution in [0.15, 0.2) is 72.8 Å². The Labute approximate surface area is 146 Å². The van der Waals surface area contributed by atoms with Gasteiger partial charge in [-0.2, -0.15) is 4.72 Å². The quantitative estimate of drug-likeness (QED) is 0.427. The Morgan fingerprint density at radius 3 is 2.46 bits per heavy atom. The van der Waals surface area contributed by atoms with Crippen molar-refractivity contribution >= 4 is 28.7 Å². The molecule has 3 nitrogen and oxygen atoms in total. The molecule has 0 saturated carbocycles. The molecule has 3 rings (SSSR count). The van der Waals surface area contributed by atoms with E-state index in [-0.39, 0.29) is 0 Å². The van der Waals surface area contributed by atoms with E-state index in [0.717, 1.165) is 5.56 Å². The highest BCUT2D eigenvalue weighted by molar-refractivity contribution is 7.97. The average Bonchev–Trinajstić information content (AvgIpc) is 2.64. The van der Waals surface area contributed by atoms with E-state index in [4.69, 9.17) is 4.74 Å². The molecule has 24 heavy (non-hydrogen) atoms. The molecule has 4 heteroatoms. The van der Waals surface area contributed by atoms with Gasteiger partial charge < -0.3 is 4.74 Å². The highest BCUT2D eigenvalue weighted by Gasteiger charge is 2.07. The first-order valence-electron chi connectivity index (χ1n) is 7.89. The second kappa shape index (κ2) is 8.41. The minimum absolute atomic E-state index is 0.536. The van der Waals surface area contributed by atoms with E-state index in [1.165, 1.54) is 28.3 Å². The molecule has 0 spiro atoms. The first-order valence-corrected chi connectivity index (χ1v) is 9.12.